The molecule has 1 aliphatic rings. The van der Waals surface area contributed by atoms with Gasteiger partial charge < -0.3 is 9.47 Å². The van der Waals surface area contributed by atoms with E-state index in [1.807, 2.05) is 31.2 Å². The smallest absolute Gasteiger partial charge is 0.221 e. The van der Waals surface area contributed by atoms with E-state index in [1.165, 1.54) is 26.4 Å². The minimum atomic E-state index is -0.494. The Morgan fingerprint density at radius 1 is 1.06 bits per heavy atom. The van der Waals surface area contributed by atoms with Gasteiger partial charge in [0.05, 0.1) is 25.3 Å². The van der Waals surface area contributed by atoms with Gasteiger partial charge in [0.2, 0.25) is 5.12 Å². The van der Waals surface area contributed by atoms with Crippen LogP contribution < -0.4 is 9.47 Å². The predicted octanol–water partition coefficient (Wildman–Crippen LogP) is 5.66. The number of hydrogen-bond donors (Lipinski definition) is 0. The molecule has 2 aromatic carbocycles. The maximum absolute atomic E-state index is 12.5. The zero-order valence-corrected chi connectivity index (χ0v) is 19.6. The van der Waals surface area contributed by atoms with Crippen LogP contribution in [0.5, 0.6) is 11.5 Å². The summed E-state index contributed by atoms with van der Waals surface area (Å²) in [5.41, 5.74) is 2.68. The molecule has 0 bridgehead atoms. The highest BCUT2D eigenvalue weighted by Gasteiger charge is 2.29. The lowest BCUT2D eigenvalue weighted by Gasteiger charge is -2.20. The van der Waals surface area contributed by atoms with Crippen LogP contribution in [-0.4, -0.2) is 35.6 Å². The molecule has 166 valence electrons. The number of carbonyl (C=O) groups excluding carboxylic acids is 3. The summed E-state index contributed by atoms with van der Waals surface area (Å²) in [6.45, 7) is 1.88. The van der Waals surface area contributed by atoms with Crippen molar-refractivity contribution < 1.29 is 23.9 Å². The first-order valence-corrected chi connectivity index (χ1v) is 11.3. The van der Waals surface area contributed by atoms with E-state index in [0.29, 0.717) is 29.9 Å². The summed E-state index contributed by atoms with van der Waals surface area (Å²) in [5.74, 6) is 0.145. The van der Waals surface area contributed by atoms with Crippen LogP contribution in [0.4, 0.5) is 0 Å². The van der Waals surface area contributed by atoms with Crippen LogP contribution in [-0.2, 0) is 6.42 Å². The molecule has 0 aliphatic heterocycles. The summed E-state index contributed by atoms with van der Waals surface area (Å²) in [6, 6.07) is 10.7. The Morgan fingerprint density at radius 2 is 1.72 bits per heavy atom. The molecule has 0 spiro atoms. The molecule has 0 fully saturated rings. The average Bonchev–Trinajstić information content (AvgIpc) is 2.81. The number of halogens is 1. The van der Waals surface area contributed by atoms with Crippen LogP contribution in [0.25, 0.3) is 0 Å². The van der Waals surface area contributed by atoms with Gasteiger partial charge in [0.15, 0.2) is 11.6 Å². The number of thioether (sulfide) groups is 1. The van der Waals surface area contributed by atoms with Gasteiger partial charge in [-0.2, -0.15) is 0 Å². The second kappa shape index (κ2) is 10.7. The highest BCUT2D eigenvalue weighted by Crippen LogP contribution is 2.38. The van der Waals surface area contributed by atoms with Crippen LogP contribution in [0, 0.1) is 0 Å². The second-order valence-corrected chi connectivity index (χ2v) is 8.93. The Kier molecular flexibility index (Phi) is 7.94. The Bertz CT molecular complexity index is 1110. The standard InChI is InChI=1S/C25H23ClO5S/c1-15(24(26)32-25(29)16-9-5-4-6-10-16)8-7-11-17-14-20(30-2)21-18(27)12-13-19(28)22(21)23(17)31-3/h4-6,8-10,12-14,24H,7,11H2,1-3H3. The summed E-state index contributed by atoms with van der Waals surface area (Å²) in [5, 5.41) is -0.0873. The van der Waals surface area contributed by atoms with Crippen LogP contribution in [0.2, 0.25) is 0 Å². The number of aryl methyl sites for hydroxylation is 1. The van der Waals surface area contributed by atoms with Crippen molar-refractivity contribution in [1.29, 1.82) is 0 Å². The Morgan fingerprint density at radius 3 is 2.34 bits per heavy atom. The minimum absolute atomic E-state index is 0.0873. The van der Waals surface area contributed by atoms with Crippen molar-refractivity contribution in [2.45, 2.75) is 24.5 Å². The molecule has 0 amide bonds. The van der Waals surface area contributed by atoms with Gasteiger partial charge in [-0.1, -0.05) is 48.2 Å². The van der Waals surface area contributed by atoms with Gasteiger partial charge in [-0.05, 0) is 49.1 Å². The monoisotopic (exact) mass is 470 g/mol. The molecule has 1 aliphatic carbocycles. The number of carbonyl (C=O) groups is 3. The highest BCUT2D eigenvalue weighted by atomic mass is 35.5. The fourth-order valence-electron chi connectivity index (χ4n) is 3.45. The van der Waals surface area contributed by atoms with Crippen molar-refractivity contribution in [3.63, 3.8) is 0 Å². The molecule has 0 heterocycles. The Hall–Kier alpha value is -2.83. The van der Waals surface area contributed by atoms with Crippen LogP contribution in [0.3, 0.4) is 0 Å². The molecule has 0 saturated carbocycles. The first-order chi connectivity index (χ1) is 15.4. The highest BCUT2D eigenvalue weighted by molar-refractivity contribution is 8.15. The lowest BCUT2D eigenvalue weighted by atomic mass is 9.89. The SMILES string of the molecule is COc1cc(CCC=C(C)C(Cl)SC(=O)c2ccccc2)c(OC)c2c1C(=O)C=CC2=O. The zero-order chi connectivity index (χ0) is 23.3. The van der Waals surface area contributed by atoms with Crippen molar-refractivity contribution in [3.8, 4) is 11.5 Å². The molecule has 0 radical (unpaired) electrons. The molecule has 2 aromatic rings. The first-order valence-electron chi connectivity index (χ1n) is 9.98. The van der Waals surface area contributed by atoms with Gasteiger partial charge in [-0.3, -0.25) is 14.4 Å². The van der Waals surface area contributed by atoms with Gasteiger partial charge in [0, 0.05) is 5.56 Å². The maximum Gasteiger partial charge on any atom is 0.221 e. The van der Waals surface area contributed by atoms with E-state index < -0.39 is 4.71 Å². The summed E-state index contributed by atoms with van der Waals surface area (Å²) < 4.78 is 10.4. The third-order valence-corrected chi connectivity index (χ3v) is 6.72. The van der Waals surface area contributed by atoms with Crippen molar-refractivity contribution >= 4 is 40.0 Å². The second-order valence-electron chi connectivity index (χ2n) is 7.16. The molecule has 0 aromatic heterocycles. The van der Waals surface area contributed by atoms with E-state index >= 15 is 0 Å². The van der Waals surface area contributed by atoms with Crippen molar-refractivity contribution in [2.24, 2.45) is 0 Å². The number of fused-ring (bicyclic) bond motifs is 1. The van der Waals surface area contributed by atoms with Gasteiger partial charge in [0.25, 0.3) is 0 Å². The van der Waals surface area contributed by atoms with E-state index in [1.54, 1.807) is 18.2 Å². The topological polar surface area (TPSA) is 69.7 Å². The van der Waals surface area contributed by atoms with Gasteiger partial charge in [-0.25, -0.2) is 0 Å². The van der Waals surface area contributed by atoms with Crippen molar-refractivity contribution in [1.82, 2.24) is 0 Å². The number of alkyl halides is 1. The lowest BCUT2D eigenvalue weighted by molar-refractivity contribution is 0.0988. The number of benzene rings is 2. The van der Waals surface area contributed by atoms with E-state index in [-0.39, 0.29) is 27.8 Å². The van der Waals surface area contributed by atoms with Gasteiger partial charge in [-0.15, -0.1) is 11.6 Å². The number of rotatable bonds is 8. The summed E-state index contributed by atoms with van der Waals surface area (Å²) in [4.78, 5) is 37.2. The van der Waals surface area contributed by atoms with E-state index in [9.17, 15) is 14.4 Å². The third-order valence-electron chi connectivity index (χ3n) is 5.08. The fourth-order valence-corrected chi connectivity index (χ4v) is 4.52. The first kappa shape index (κ1) is 23.8. The minimum Gasteiger partial charge on any atom is -0.496 e. The largest absolute Gasteiger partial charge is 0.496 e. The number of allylic oxidation sites excluding steroid dienone is 3. The van der Waals surface area contributed by atoms with Gasteiger partial charge in [0.1, 0.15) is 16.2 Å². The molecule has 5 nitrogen and oxygen atoms in total. The molecule has 32 heavy (non-hydrogen) atoms. The van der Waals surface area contributed by atoms with Crippen LogP contribution >= 0.6 is 23.4 Å². The van der Waals surface area contributed by atoms with Gasteiger partial charge >= 0.3 is 0 Å². The van der Waals surface area contributed by atoms with Crippen LogP contribution in [0.1, 0.15) is 50.0 Å². The summed E-state index contributed by atoms with van der Waals surface area (Å²) in [6.07, 6.45) is 5.59. The molecular formula is C25H23ClO5S. The molecule has 3 rings (SSSR count). The average molecular weight is 471 g/mol. The lowest BCUT2D eigenvalue weighted by Crippen LogP contribution is -2.16. The summed E-state index contributed by atoms with van der Waals surface area (Å²) in [7, 11) is 2.94. The van der Waals surface area contributed by atoms with Crippen LogP contribution in [0.15, 0.2) is 60.2 Å². The molecule has 0 N–H and O–H groups in total. The Labute approximate surface area is 196 Å². The quantitative estimate of drug-likeness (QED) is 0.366. The summed E-state index contributed by atoms with van der Waals surface area (Å²) >= 11 is 7.50. The number of methoxy groups -OCH3 is 2. The van der Waals surface area contributed by atoms with E-state index in [0.717, 1.165) is 22.9 Å². The van der Waals surface area contributed by atoms with E-state index in [4.69, 9.17) is 21.1 Å². The predicted molar refractivity (Wildman–Crippen MR) is 127 cm³/mol. The third kappa shape index (κ3) is 5.14. The van der Waals surface area contributed by atoms with Crippen molar-refractivity contribution in [2.75, 3.05) is 14.2 Å². The number of hydrogen-bond acceptors (Lipinski definition) is 6. The molecule has 1 atom stereocenters. The molecular weight excluding hydrogens is 448 g/mol. The molecule has 0 saturated heterocycles. The number of ether oxygens (including phenoxy) is 2. The number of ketones is 2. The fraction of sp³-hybridized carbons (Fsp3) is 0.240. The Balaban J connectivity index is 1.76. The molecule has 7 heteroatoms. The van der Waals surface area contributed by atoms with Crippen molar-refractivity contribution in [3.05, 3.63) is 82.5 Å². The maximum atomic E-state index is 12.5. The van der Waals surface area contributed by atoms with E-state index in [2.05, 4.69) is 0 Å². The normalized spacial score (nSPS) is 14.2. The molecule has 1 unspecified atom stereocenters. The zero-order valence-electron chi connectivity index (χ0n) is 18.0.